The number of hydrogen-bond donors (Lipinski definition) is 1. The lowest BCUT2D eigenvalue weighted by Gasteiger charge is -2.64. The molecular weight excluding hydrogens is 253 g/mol. The van der Waals surface area contributed by atoms with E-state index in [1.165, 1.54) is 0 Å². The van der Waals surface area contributed by atoms with Crippen molar-refractivity contribution in [1.82, 2.24) is 0 Å². The first-order chi connectivity index (χ1) is 10.2. The van der Waals surface area contributed by atoms with Crippen molar-refractivity contribution < 1.29 is 5.23 Å². The minimum absolute atomic E-state index is 0.0331. The summed E-state index contributed by atoms with van der Waals surface area (Å²) in [5.74, 6) is 6.87. The Bertz CT molecular complexity index is 358. The summed E-state index contributed by atoms with van der Waals surface area (Å²) in [7, 11) is 0. The van der Waals surface area contributed by atoms with Gasteiger partial charge >= 0.3 is 0 Å². The molecule has 116 valence electrons. The van der Waals surface area contributed by atoms with E-state index in [1.807, 2.05) is 0 Å². The fourth-order valence-corrected chi connectivity index (χ4v) is 9.90. The molecule has 21 heavy (non-hydrogen) atoms. The Balaban J connectivity index is 1.31. The predicted molar refractivity (Wildman–Crippen MR) is 87.3 cm³/mol. The molecule has 3 saturated heterocycles. The van der Waals surface area contributed by atoms with Gasteiger partial charge in [0.25, 0.3) is 0 Å². The molecule has 0 amide bonds. The third-order valence-corrected chi connectivity index (χ3v) is 9.20. The third-order valence-electron chi connectivity index (χ3n) is 9.20. The monoisotopic (exact) mass is 285 g/mol. The van der Waals surface area contributed by atoms with E-state index in [1.54, 1.807) is 76.7 Å². The maximum absolute atomic E-state index is 3.14. The van der Waals surface area contributed by atoms with Crippen LogP contribution in [0.2, 0.25) is 19.0 Å². The molecule has 5 saturated carbocycles. The van der Waals surface area contributed by atoms with Gasteiger partial charge in [-0.1, -0.05) is 37.0 Å². The van der Waals surface area contributed by atoms with E-state index < -0.39 is 0 Å². The summed E-state index contributed by atoms with van der Waals surface area (Å²) in [6.07, 6.45) is 19.5. The highest BCUT2D eigenvalue weighted by atomic mass is 15.0. The first kappa shape index (κ1) is 12.4. The minimum Gasteiger partial charge on any atom is -0.532 e. The molecule has 0 unspecified atom stereocenters. The highest BCUT2D eigenvalue weighted by molar-refractivity contribution is 6.72. The summed E-state index contributed by atoms with van der Waals surface area (Å²) in [4.78, 5) is 0. The van der Waals surface area contributed by atoms with Crippen LogP contribution in [0, 0.1) is 35.5 Å². The number of hydrogen-bond acceptors (Lipinski definition) is 0. The van der Waals surface area contributed by atoms with Crippen LogP contribution in [0.25, 0.3) is 0 Å². The topological polar surface area (TPSA) is 16.6 Å². The molecule has 2 heteroatoms. The van der Waals surface area contributed by atoms with Crippen molar-refractivity contribution in [3.8, 4) is 0 Å². The van der Waals surface area contributed by atoms with E-state index in [-0.39, 0.29) is 6.28 Å². The predicted octanol–water partition coefficient (Wildman–Crippen LogP) is 3.52. The van der Waals surface area contributed by atoms with Gasteiger partial charge < -0.3 is 5.23 Å². The van der Waals surface area contributed by atoms with E-state index in [4.69, 9.17) is 0 Å². The SMILES string of the molecule is C1C2CC3CC1C[B-]([NH2+]C14CC5CC(CC(C5)C1)C4)(C2)C3. The summed E-state index contributed by atoms with van der Waals surface area (Å²) in [6, 6.07) is 0. The average molecular weight is 285 g/mol. The Labute approximate surface area is 130 Å². The molecule has 5 aliphatic carbocycles. The molecule has 0 atom stereocenters. The first-order valence-corrected chi connectivity index (χ1v) is 10.3. The summed E-state index contributed by atoms with van der Waals surface area (Å²) in [5, 5.41) is 3.14. The molecule has 0 aromatic carbocycles. The van der Waals surface area contributed by atoms with Crippen LogP contribution in [0.1, 0.15) is 57.8 Å². The Hall–Kier alpha value is 0.0249. The van der Waals surface area contributed by atoms with Crippen LogP contribution in [0.5, 0.6) is 0 Å². The van der Waals surface area contributed by atoms with Crippen LogP contribution in [0.15, 0.2) is 0 Å². The molecule has 0 aromatic heterocycles. The maximum Gasteiger partial charge on any atom is 0.207 e. The van der Waals surface area contributed by atoms with Gasteiger partial charge in [0.15, 0.2) is 0 Å². The zero-order chi connectivity index (χ0) is 13.7. The fourth-order valence-electron chi connectivity index (χ4n) is 9.90. The van der Waals surface area contributed by atoms with E-state index in [0.29, 0.717) is 0 Å². The number of rotatable bonds is 2. The lowest BCUT2D eigenvalue weighted by molar-refractivity contribution is -0.639. The van der Waals surface area contributed by atoms with Gasteiger partial charge in [0.05, 0.1) is 5.54 Å². The smallest absolute Gasteiger partial charge is 0.207 e. The van der Waals surface area contributed by atoms with Gasteiger partial charge in [0.2, 0.25) is 6.28 Å². The van der Waals surface area contributed by atoms with Gasteiger partial charge in [-0.2, -0.15) is 0 Å². The summed E-state index contributed by atoms with van der Waals surface area (Å²) in [5.41, 5.74) is 0.750. The molecule has 0 aromatic rings. The molecule has 8 rings (SSSR count). The van der Waals surface area contributed by atoms with E-state index in [2.05, 4.69) is 5.23 Å². The summed E-state index contributed by atoms with van der Waals surface area (Å²) >= 11 is 0. The molecule has 2 N–H and O–H groups in total. The van der Waals surface area contributed by atoms with Crippen molar-refractivity contribution >= 4 is 6.28 Å². The Morgan fingerprint density at radius 3 is 1.38 bits per heavy atom. The maximum atomic E-state index is 3.14. The van der Waals surface area contributed by atoms with Gasteiger partial charge in [-0.25, -0.2) is 0 Å². The summed E-state index contributed by atoms with van der Waals surface area (Å²) < 4.78 is 0. The molecule has 8 aliphatic rings. The Morgan fingerprint density at radius 2 is 0.952 bits per heavy atom. The standard InChI is InChI=1S/C19H32BN/c1-13-2-15-3-14(1)8-19(7-13,9-15)21-20-10-16-4-17(11-20)6-18(5-16)12-20/h13-18H,1-12,21H2. The molecule has 1 nitrogen and oxygen atoms in total. The molecule has 8 fully saturated rings. The van der Waals surface area contributed by atoms with Crippen LogP contribution in [0.3, 0.4) is 0 Å². The van der Waals surface area contributed by atoms with Crippen LogP contribution in [-0.2, 0) is 0 Å². The van der Waals surface area contributed by atoms with Gasteiger partial charge in [-0.05, 0) is 37.0 Å². The van der Waals surface area contributed by atoms with Crippen LogP contribution < -0.4 is 5.23 Å². The Kier molecular flexibility index (Phi) is 2.32. The van der Waals surface area contributed by atoms with Crippen molar-refractivity contribution in [2.24, 2.45) is 35.5 Å². The van der Waals surface area contributed by atoms with Crippen LogP contribution >= 0.6 is 0 Å². The minimum atomic E-state index is -0.0331. The van der Waals surface area contributed by atoms with Crippen molar-refractivity contribution in [2.45, 2.75) is 82.3 Å². The molecule has 3 aliphatic heterocycles. The van der Waals surface area contributed by atoms with Gasteiger partial charge in [0, 0.05) is 19.3 Å². The number of quaternary nitrogens is 1. The van der Waals surface area contributed by atoms with Gasteiger partial charge in [-0.3, -0.25) is 0 Å². The quantitative estimate of drug-likeness (QED) is 0.748. The summed E-state index contributed by atoms with van der Waals surface area (Å²) in [6.45, 7) is 0. The third kappa shape index (κ3) is 1.81. The highest BCUT2D eigenvalue weighted by Crippen LogP contribution is 2.57. The Morgan fingerprint density at radius 1 is 0.571 bits per heavy atom. The second-order valence-corrected chi connectivity index (χ2v) is 11.0. The van der Waals surface area contributed by atoms with E-state index in [9.17, 15) is 0 Å². The highest BCUT2D eigenvalue weighted by Gasteiger charge is 2.57. The van der Waals surface area contributed by atoms with Crippen molar-refractivity contribution in [3.05, 3.63) is 0 Å². The molecular formula is C19H32BN. The number of nitrogens with two attached hydrogens (primary N) is 1. The fraction of sp³-hybridized carbons (Fsp3) is 1.00. The van der Waals surface area contributed by atoms with E-state index >= 15 is 0 Å². The zero-order valence-electron chi connectivity index (χ0n) is 13.6. The second kappa shape index (κ2) is 3.92. The van der Waals surface area contributed by atoms with Crippen molar-refractivity contribution in [2.75, 3.05) is 0 Å². The molecule has 3 heterocycles. The lowest BCUT2D eigenvalue weighted by Crippen LogP contribution is -3.11. The van der Waals surface area contributed by atoms with Crippen LogP contribution in [0.4, 0.5) is 0 Å². The van der Waals surface area contributed by atoms with Crippen molar-refractivity contribution in [3.63, 3.8) is 0 Å². The largest absolute Gasteiger partial charge is 0.532 e. The molecule has 0 spiro atoms. The zero-order valence-corrected chi connectivity index (χ0v) is 13.6. The second-order valence-electron chi connectivity index (χ2n) is 11.0. The molecule has 8 bridgehead atoms. The lowest BCUT2D eigenvalue weighted by atomic mass is 9.17. The van der Waals surface area contributed by atoms with Gasteiger partial charge in [0.1, 0.15) is 0 Å². The average Bonchev–Trinajstić information content (AvgIpc) is 2.33. The van der Waals surface area contributed by atoms with Gasteiger partial charge in [-0.15, -0.1) is 19.0 Å². The first-order valence-electron chi connectivity index (χ1n) is 10.3. The van der Waals surface area contributed by atoms with Crippen molar-refractivity contribution in [1.29, 1.82) is 0 Å². The van der Waals surface area contributed by atoms with E-state index in [0.717, 1.165) is 41.0 Å². The normalized spacial score (nSPS) is 63.4. The molecule has 0 radical (unpaired) electrons. The van der Waals surface area contributed by atoms with Crippen LogP contribution in [-0.4, -0.2) is 11.8 Å².